The van der Waals surface area contributed by atoms with Gasteiger partial charge in [0.2, 0.25) is 5.69 Å². The number of aliphatic hydroxyl groups is 1. The Hall–Kier alpha value is -0.250. The van der Waals surface area contributed by atoms with Crippen molar-refractivity contribution in [3.05, 3.63) is 11.8 Å². The first-order chi connectivity index (χ1) is 4.33. The summed E-state index contributed by atoms with van der Waals surface area (Å²) in [5.41, 5.74) is -0.489. The van der Waals surface area contributed by atoms with Crippen molar-refractivity contribution in [2.24, 2.45) is 0 Å². The van der Waals surface area contributed by atoms with Crippen LogP contribution in [0.3, 0.4) is 0 Å². The van der Waals surface area contributed by atoms with E-state index in [2.05, 4.69) is 5.32 Å². The fourth-order valence-corrected chi connectivity index (χ4v) is 0.793. The maximum Gasteiger partial charge on any atom is 0.227 e. The van der Waals surface area contributed by atoms with Crippen molar-refractivity contribution in [2.75, 3.05) is 13.2 Å². The molecule has 1 atom stereocenters. The van der Waals surface area contributed by atoms with Crippen molar-refractivity contribution in [3.63, 3.8) is 0 Å². The van der Waals surface area contributed by atoms with Gasteiger partial charge in [0.1, 0.15) is 12.4 Å². The van der Waals surface area contributed by atoms with Crippen molar-refractivity contribution in [2.45, 2.75) is 5.69 Å². The van der Waals surface area contributed by atoms with E-state index in [1.54, 1.807) is 6.08 Å². The second kappa shape index (κ2) is 3.06. The zero-order valence-corrected chi connectivity index (χ0v) is 5.56. The molecule has 9 heavy (non-hydrogen) atoms. The van der Waals surface area contributed by atoms with Crippen LogP contribution in [-0.2, 0) is 4.74 Å². The van der Waals surface area contributed by atoms with Gasteiger partial charge in [-0.05, 0) is 6.08 Å². The van der Waals surface area contributed by atoms with Crippen LogP contribution in [0.25, 0.3) is 0 Å². The highest BCUT2D eigenvalue weighted by atomic mass is 35.5. The van der Waals surface area contributed by atoms with Crippen LogP contribution >= 0.6 is 11.6 Å². The SMILES string of the molecule is OCC1=CCNC(Cl)O1. The van der Waals surface area contributed by atoms with E-state index in [1.165, 1.54) is 0 Å². The van der Waals surface area contributed by atoms with Crippen molar-refractivity contribution in [1.82, 2.24) is 5.32 Å². The lowest BCUT2D eigenvalue weighted by molar-refractivity contribution is 0.108. The van der Waals surface area contributed by atoms with Crippen LogP contribution in [0.15, 0.2) is 11.8 Å². The molecule has 0 amide bonds. The molecule has 1 rings (SSSR count). The standard InChI is InChI=1S/C5H8ClNO2/c6-5-7-2-1-4(3-8)9-5/h1,5,7-8H,2-3H2. The first-order valence-corrected chi connectivity index (χ1v) is 3.10. The van der Waals surface area contributed by atoms with E-state index in [4.69, 9.17) is 21.4 Å². The summed E-state index contributed by atoms with van der Waals surface area (Å²) in [6, 6.07) is 0. The topological polar surface area (TPSA) is 41.5 Å². The number of hydrogen-bond donors (Lipinski definition) is 2. The predicted octanol–water partition coefficient (Wildman–Crippen LogP) is 0.00480. The van der Waals surface area contributed by atoms with Crippen LogP contribution in [0.2, 0.25) is 0 Å². The number of aliphatic hydroxyl groups excluding tert-OH is 1. The van der Waals surface area contributed by atoms with Gasteiger partial charge in [-0.15, -0.1) is 0 Å². The van der Waals surface area contributed by atoms with Crippen molar-refractivity contribution >= 4 is 11.6 Å². The molecule has 1 unspecified atom stereocenters. The molecule has 0 bridgehead atoms. The molecule has 0 aromatic rings. The molecule has 0 spiro atoms. The zero-order chi connectivity index (χ0) is 6.69. The first-order valence-electron chi connectivity index (χ1n) is 2.67. The molecule has 0 radical (unpaired) electrons. The van der Waals surface area contributed by atoms with Gasteiger partial charge in [0, 0.05) is 6.54 Å². The van der Waals surface area contributed by atoms with Crippen molar-refractivity contribution in [3.8, 4) is 0 Å². The molecule has 0 aromatic heterocycles. The summed E-state index contributed by atoms with van der Waals surface area (Å²) in [4.78, 5) is 0. The molecule has 4 heteroatoms. The van der Waals surface area contributed by atoms with Gasteiger partial charge < -0.3 is 9.84 Å². The van der Waals surface area contributed by atoms with Crippen LogP contribution in [0.4, 0.5) is 0 Å². The maximum absolute atomic E-state index is 8.53. The van der Waals surface area contributed by atoms with Crippen molar-refractivity contribution < 1.29 is 9.84 Å². The van der Waals surface area contributed by atoms with Crippen LogP contribution in [0.1, 0.15) is 0 Å². The molecule has 3 nitrogen and oxygen atoms in total. The second-order valence-electron chi connectivity index (χ2n) is 1.67. The third-order valence-corrected chi connectivity index (χ3v) is 1.26. The van der Waals surface area contributed by atoms with E-state index in [0.29, 0.717) is 12.3 Å². The van der Waals surface area contributed by atoms with E-state index < -0.39 is 5.69 Å². The molecular formula is C5H8ClNO2. The fourth-order valence-electron chi connectivity index (χ4n) is 0.590. The monoisotopic (exact) mass is 149 g/mol. The molecule has 1 aliphatic heterocycles. The summed E-state index contributed by atoms with van der Waals surface area (Å²) >= 11 is 5.50. The van der Waals surface area contributed by atoms with E-state index >= 15 is 0 Å². The number of alkyl halides is 1. The maximum atomic E-state index is 8.53. The van der Waals surface area contributed by atoms with Gasteiger partial charge >= 0.3 is 0 Å². The number of rotatable bonds is 1. The minimum atomic E-state index is -0.489. The normalized spacial score (nSPS) is 26.9. The molecule has 0 saturated heterocycles. The fraction of sp³-hybridized carbons (Fsp3) is 0.600. The average molecular weight is 150 g/mol. The molecule has 0 aromatic carbocycles. The van der Waals surface area contributed by atoms with Crippen LogP contribution in [0.5, 0.6) is 0 Å². The lowest BCUT2D eigenvalue weighted by Gasteiger charge is -2.19. The van der Waals surface area contributed by atoms with Gasteiger partial charge in [-0.25, -0.2) is 0 Å². The van der Waals surface area contributed by atoms with Gasteiger partial charge in [0.25, 0.3) is 0 Å². The Balaban J connectivity index is 2.43. The lowest BCUT2D eigenvalue weighted by atomic mass is 10.4. The summed E-state index contributed by atoms with van der Waals surface area (Å²) < 4.78 is 4.90. The Morgan fingerprint density at radius 2 is 2.78 bits per heavy atom. The number of nitrogens with one attached hydrogen (secondary N) is 1. The first kappa shape index (κ1) is 6.86. The highest BCUT2D eigenvalue weighted by molar-refractivity contribution is 6.19. The van der Waals surface area contributed by atoms with Crippen LogP contribution in [-0.4, -0.2) is 23.9 Å². The molecule has 0 saturated carbocycles. The molecule has 2 N–H and O–H groups in total. The van der Waals surface area contributed by atoms with E-state index in [9.17, 15) is 0 Å². The number of ether oxygens (including phenoxy) is 1. The van der Waals surface area contributed by atoms with Crippen LogP contribution < -0.4 is 5.32 Å². The highest BCUT2D eigenvalue weighted by Crippen LogP contribution is 2.06. The Morgan fingerprint density at radius 3 is 3.22 bits per heavy atom. The largest absolute Gasteiger partial charge is 0.464 e. The summed E-state index contributed by atoms with van der Waals surface area (Å²) in [6.07, 6.45) is 1.75. The lowest BCUT2D eigenvalue weighted by Crippen LogP contribution is -2.31. The van der Waals surface area contributed by atoms with Gasteiger partial charge in [-0.1, -0.05) is 11.6 Å². The van der Waals surface area contributed by atoms with E-state index in [1.807, 2.05) is 0 Å². The van der Waals surface area contributed by atoms with Gasteiger partial charge in [-0.3, -0.25) is 5.32 Å². The summed E-state index contributed by atoms with van der Waals surface area (Å²) in [6.45, 7) is 0.578. The Kier molecular flexibility index (Phi) is 2.33. The zero-order valence-electron chi connectivity index (χ0n) is 4.80. The molecular weight excluding hydrogens is 142 g/mol. The quantitative estimate of drug-likeness (QED) is 0.408. The van der Waals surface area contributed by atoms with Gasteiger partial charge in [0.15, 0.2) is 0 Å². The molecule has 0 fully saturated rings. The summed E-state index contributed by atoms with van der Waals surface area (Å²) in [7, 11) is 0. The van der Waals surface area contributed by atoms with E-state index in [0.717, 1.165) is 0 Å². The van der Waals surface area contributed by atoms with Gasteiger partial charge in [-0.2, -0.15) is 0 Å². The minimum Gasteiger partial charge on any atom is -0.464 e. The number of hydrogen-bond acceptors (Lipinski definition) is 3. The van der Waals surface area contributed by atoms with Gasteiger partial charge in [0.05, 0.1) is 0 Å². The Morgan fingerprint density at radius 1 is 2.00 bits per heavy atom. The Bertz CT molecular complexity index is 126. The molecule has 1 aliphatic rings. The summed E-state index contributed by atoms with van der Waals surface area (Å²) in [5, 5.41) is 11.3. The van der Waals surface area contributed by atoms with Crippen molar-refractivity contribution in [1.29, 1.82) is 0 Å². The predicted molar refractivity (Wildman–Crippen MR) is 33.9 cm³/mol. The third-order valence-electron chi connectivity index (χ3n) is 1.02. The Labute approximate surface area is 58.3 Å². The molecule has 52 valence electrons. The molecule has 0 aliphatic carbocycles. The smallest absolute Gasteiger partial charge is 0.227 e. The van der Waals surface area contributed by atoms with Crippen LogP contribution in [0, 0.1) is 0 Å². The second-order valence-corrected chi connectivity index (χ2v) is 2.07. The highest BCUT2D eigenvalue weighted by Gasteiger charge is 2.09. The van der Waals surface area contributed by atoms with E-state index in [-0.39, 0.29) is 6.61 Å². The number of halogens is 1. The third kappa shape index (κ3) is 1.86. The summed E-state index contributed by atoms with van der Waals surface area (Å²) in [5.74, 6) is 0.536. The molecule has 1 heterocycles. The average Bonchev–Trinajstić information content (AvgIpc) is 1.88. The minimum absolute atomic E-state index is 0.0785.